The lowest BCUT2D eigenvalue weighted by Crippen LogP contribution is -1.93. The van der Waals surface area contributed by atoms with Gasteiger partial charge in [-0.1, -0.05) is 18.5 Å². The molecule has 0 amide bonds. The van der Waals surface area contributed by atoms with Crippen LogP contribution < -0.4 is 0 Å². The second-order valence-electron chi connectivity index (χ2n) is 2.56. The maximum Gasteiger partial charge on any atom is 0.0931 e. The summed E-state index contributed by atoms with van der Waals surface area (Å²) in [4.78, 5) is 1.25. The first kappa shape index (κ1) is 9.04. The molecule has 0 aliphatic heterocycles. The Labute approximate surface area is 75.6 Å². The Balaban J connectivity index is 2.60. The van der Waals surface area contributed by atoms with E-state index in [9.17, 15) is 0 Å². The molecule has 0 saturated carbocycles. The molecule has 1 aromatic heterocycles. The van der Waals surface area contributed by atoms with Gasteiger partial charge in [0.1, 0.15) is 0 Å². The summed E-state index contributed by atoms with van der Waals surface area (Å²) in [7, 11) is 0. The predicted octanol–water partition coefficient (Wildman–Crippen LogP) is 2.89. The number of rotatable bonds is 3. The number of halogens is 1. The zero-order valence-electron chi connectivity index (χ0n) is 6.38. The molecule has 0 fully saturated rings. The summed E-state index contributed by atoms with van der Waals surface area (Å²) < 4.78 is 0.824. The first-order valence-electron chi connectivity index (χ1n) is 3.60. The van der Waals surface area contributed by atoms with E-state index in [1.165, 1.54) is 4.88 Å². The molecule has 0 aliphatic rings. The van der Waals surface area contributed by atoms with Crippen LogP contribution in [0.4, 0.5) is 0 Å². The highest BCUT2D eigenvalue weighted by molar-refractivity contribution is 7.16. The maximum absolute atomic E-state index is 8.68. The summed E-state index contributed by atoms with van der Waals surface area (Å²) in [5.41, 5.74) is 0. The Morgan fingerprint density at radius 3 is 2.82 bits per heavy atom. The van der Waals surface area contributed by atoms with E-state index in [2.05, 4.69) is 6.92 Å². The topological polar surface area (TPSA) is 20.2 Å². The molecule has 1 heterocycles. The fourth-order valence-electron chi connectivity index (χ4n) is 0.929. The third-order valence-electron chi connectivity index (χ3n) is 1.64. The van der Waals surface area contributed by atoms with E-state index in [-0.39, 0.29) is 6.61 Å². The van der Waals surface area contributed by atoms with Crippen LogP contribution in [-0.2, 0) is 0 Å². The molecular formula is C8H11ClOS. The quantitative estimate of drug-likeness (QED) is 0.777. The van der Waals surface area contributed by atoms with Gasteiger partial charge >= 0.3 is 0 Å². The minimum Gasteiger partial charge on any atom is -0.396 e. The average Bonchev–Trinajstić information content (AvgIpc) is 2.36. The van der Waals surface area contributed by atoms with E-state index in [0.29, 0.717) is 5.92 Å². The minimum atomic E-state index is 0.247. The van der Waals surface area contributed by atoms with Crippen molar-refractivity contribution in [3.8, 4) is 0 Å². The molecule has 0 radical (unpaired) electrons. The fourth-order valence-corrected chi connectivity index (χ4v) is 2.08. The van der Waals surface area contributed by atoms with Crippen molar-refractivity contribution in [2.24, 2.45) is 0 Å². The molecule has 1 atom stereocenters. The van der Waals surface area contributed by atoms with E-state index in [0.717, 1.165) is 10.8 Å². The van der Waals surface area contributed by atoms with Crippen molar-refractivity contribution in [1.82, 2.24) is 0 Å². The summed E-state index contributed by atoms with van der Waals surface area (Å²) in [5.74, 6) is 0.428. The van der Waals surface area contributed by atoms with Crippen LogP contribution in [-0.4, -0.2) is 11.7 Å². The van der Waals surface area contributed by atoms with Gasteiger partial charge in [-0.2, -0.15) is 0 Å². The van der Waals surface area contributed by atoms with Gasteiger partial charge in [-0.3, -0.25) is 0 Å². The Bertz CT molecular complexity index is 222. The lowest BCUT2D eigenvalue weighted by Gasteiger charge is -2.04. The second-order valence-corrected chi connectivity index (χ2v) is 4.30. The van der Waals surface area contributed by atoms with Crippen LogP contribution >= 0.6 is 22.9 Å². The normalized spacial score (nSPS) is 13.4. The molecule has 62 valence electrons. The van der Waals surface area contributed by atoms with Gasteiger partial charge in [0.15, 0.2) is 0 Å². The van der Waals surface area contributed by atoms with Crippen LogP contribution in [0.15, 0.2) is 12.1 Å². The van der Waals surface area contributed by atoms with Crippen molar-refractivity contribution in [1.29, 1.82) is 0 Å². The number of aliphatic hydroxyl groups excluding tert-OH is 1. The standard InChI is InChI=1S/C8H11ClOS/c1-6(4-5-10)7-2-3-8(9)11-7/h2-3,6,10H,4-5H2,1H3. The molecule has 0 spiro atoms. The fraction of sp³-hybridized carbons (Fsp3) is 0.500. The summed E-state index contributed by atoms with van der Waals surface area (Å²) in [6, 6.07) is 3.92. The van der Waals surface area contributed by atoms with Gasteiger partial charge in [-0.05, 0) is 24.5 Å². The van der Waals surface area contributed by atoms with Gasteiger partial charge < -0.3 is 5.11 Å². The van der Waals surface area contributed by atoms with Crippen molar-refractivity contribution in [2.45, 2.75) is 19.3 Å². The third-order valence-corrected chi connectivity index (χ3v) is 3.10. The van der Waals surface area contributed by atoms with Gasteiger partial charge in [0.05, 0.1) is 4.34 Å². The van der Waals surface area contributed by atoms with Crippen LogP contribution in [0, 0.1) is 0 Å². The molecule has 3 heteroatoms. The molecular weight excluding hydrogens is 180 g/mol. The summed E-state index contributed by atoms with van der Waals surface area (Å²) in [5, 5.41) is 8.68. The van der Waals surface area contributed by atoms with Crippen molar-refractivity contribution >= 4 is 22.9 Å². The Morgan fingerprint density at radius 1 is 1.64 bits per heavy atom. The van der Waals surface area contributed by atoms with E-state index in [1.807, 2.05) is 12.1 Å². The second kappa shape index (κ2) is 4.10. The first-order chi connectivity index (χ1) is 5.24. The lowest BCUT2D eigenvalue weighted by molar-refractivity contribution is 0.279. The van der Waals surface area contributed by atoms with Crippen molar-refractivity contribution < 1.29 is 5.11 Å². The van der Waals surface area contributed by atoms with Crippen LogP contribution in [0.3, 0.4) is 0 Å². The maximum atomic E-state index is 8.68. The van der Waals surface area contributed by atoms with Gasteiger partial charge in [-0.25, -0.2) is 0 Å². The highest BCUT2D eigenvalue weighted by Crippen LogP contribution is 2.29. The molecule has 11 heavy (non-hydrogen) atoms. The van der Waals surface area contributed by atoms with Crippen LogP contribution in [0.2, 0.25) is 4.34 Å². The van der Waals surface area contributed by atoms with Gasteiger partial charge in [0.2, 0.25) is 0 Å². The van der Waals surface area contributed by atoms with Crippen LogP contribution in [0.25, 0.3) is 0 Å². The Hall–Kier alpha value is -0.0500. The van der Waals surface area contributed by atoms with Gasteiger partial charge in [0.25, 0.3) is 0 Å². The first-order valence-corrected chi connectivity index (χ1v) is 4.79. The van der Waals surface area contributed by atoms with Crippen molar-refractivity contribution in [3.63, 3.8) is 0 Å². The molecule has 0 aromatic carbocycles. The molecule has 1 rings (SSSR count). The third kappa shape index (κ3) is 2.47. The smallest absolute Gasteiger partial charge is 0.0931 e. The Morgan fingerprint density at radius 2 is 2.36 bits per heavy atom. The van der Waals surface area contributed by atoms with Gasteiger partial charge in [-0.15, -0.1) is 11.3 Å². The predicted molar refractivity (Wildman–Crippen MR) is 49.4 cm³/mol. The summed E-state index contributed by atoms with van der Waals surface area (Å²) >= 11 is 7.35. The van der Waals surface area contributed by atoms with E-state index >= 15 is 0 Å². The van der Waals surface area contributed by atoms with Crippen LogP contribution in [0.5, 0.6) is 0 Å². The lowest BCUT2D eigenvalue weighted by atomic mass is 10.1. The van der Waals surface area contributed by atoms with E-state index < -0.39 is 0 Å². The molecule has 1 N–H and O–H groups in total. The molecule has 1 nitrogen and oxygen atoms in total. The van der Waals surface area contributed by atoms with E-state index in [4.69, 9.17) is 16.7 Å². The highest BCUT2D eigenvalue weighted by atomic mass is 35.5. The number of thiophene rings is 1. The minimum absolute atomic E-state index is 0.247. The number of hydrogen-bond acceptors (Lipinski definition) is 2. The summed E-state index contributed by atoms with van der Waals surface area (Å²) in [6.45, 7) is 2.34. The largest absolute Gasteiger partial charge is 0.396 e. The van der Waals surface area contributed by atoms with E-state index in [1.54, 1.807) is 11.3 Å². The number of aliphatic hydroxyl groups is 1. The molecule has 0 aliphatic carbocycles. The van der Waals surface area contributed by atoms with Crippen molar-refractivity contribution in [3.05, 3.63) is 21.3 Å². The zero-order valence-corrected chi connectivity index (χ0v) is 7.95. The zero-order chi connectivity index (χ0) is 8.27. The van der Waals surface area contributed by atoms with Crippen LogP contribution in [0.1, 0.15) is 24.1 Å². The SMILES string of the molecule is CC(CCO)c1ccc(Cl)s1. The highest BCUT2D eigenvalue weighted by Gasteiger charge is 2.06. The van der Waals surface area contributed by atoms with Gasteiger partial charge in [0, 0.05) is 11.5 Å². The average molecular weight is 191 g/mol. The Kier molecular flexibility index (Phi) is 3.37. The number of hydrogen-bond donors (Lipinski definition) is 1. The monoisotopic (exact) mass is 190 g/mol. The summed E-state index contributed by atoms with van der Waals surface area (Å²) in [6.07, 6.45) is 0.816. The van der Waals surface area contributed by atoms with Crippen molar-refractivity contribution in [2.75, 3.05) is 6.61 Å². The molecule has 1 aromatic rings. The molecule has 0 saturated heterocycles. The molecule has 0 bridgehead atoms. The molecule has 1 unspecified atom stereocenters.